The van der Waals surface area contributed by atoms with E-state index in [-0.39, 0.29) is 0 Å². The molecule has 120 valence electrons. The first-order valence-electron chi connectivity index (χ1n) is 8.77. The fraction of sp³-hybridized carbons (Fsp3) is 0.450. The van der Waals surface area contributed by atoms with Gasteiger partial charge >= 0.3 is 0 Å². The molecular formula is C20H25N3. The molecule has 0 radical (unpaired) electrons. The lowest BCUT2D eigenvalue weighted by Gasteiger charge is -2.40. The molecule has 4 rings (SSSR count). The first-order chi connectivity index (χ1) is 11.3. The summed E-state index contributed by atoms with van der Waals surface area (Å²) in [6, 6.07) is 11.9. The van der Waals surface area contributed by atoms with Crippen molar-refractivity contribution in [1.82, 2.24) is 14.8 Å². The number of aryl methyl sites for hydroxylation is 1. The van der Waals surface area contributed by atoms with Crippen LogP contribution in [0.5, 0.6) is 0 Å². The Morgan fingerprint density at radius 3 is 2.52 bits per heavy atom. The van der Waals surface area contributed by atoms with Gasteiger partial charge in [0.25, 0.3) is 0 Å². The van der Waals surface area contributed by atoms with Crippen molar-refractivity contribution >= 4 is 0 Å². The zero-order valence-electron chi connectivity index (χ0n) is 13.9. The smallest absolute Gasteiger partial charge is 0.0352 e. The molecule has 1 atom stereocenters. The molecule has 2 heterocycles. The summed E-state index contributed by atoms with van der Waals surface area (Å²) in [5.74, 6) is 0. The highest BCUT2D eigenvalue weighted by Gasteiger charge is 2.28. The molecule has 2 aliphatic rings. The highest BCUT2D eigenvalue weighted by Crippen LogP contribution is 2.37. The van der Waals surface area contributed by atoms with Crippen LogP contribution in [0.2, 0.25) is 0 Å². The summed E-state index contributed by atoms with van der Waals surface area (Å²) in [5.41, 5.74) is 5.71. The van der Waals surface area contributed by atoms with Crippen LogP contribution in [0.15, 0.2) is 42.7 Å². The zero-order chi connectivity index (χ0) is 15.6. The molecular weight excluding hydrogens is 282 g/mol. The highest BCUT2D eigenvalue weighted by molar-refractivity contribution is 5.64. The summed E-state index contributed by atoms with van der Waals surface area (Å²) < 4.78 is 0. The number of aromatic nitrogens is 1. The van der Waals surface area contributed by atoms with Crippen molar-refractivity contribution in [3.63, 3.8) is 0 Å². The molecule has 3 nitrogen and oxygen atoms in total. The second kappa shape index (κ2) is 6.42. The van der Waals surface area contributed by atoms with Gasteiger partial charge in [0, 0.05) is 44.6 Å². The van der Waals surface area contributed by atoms with E-state index in [4.69, 9.17) is 0 Å². The number of pyridine rings is 1. The summed E-state index contributed by atoms with van der Waals surface area (Å²) in [6.45, 7) is 4.77. The predicted molar refractivity (Wildman–Crippen MR) is 94.4 cm³/mol. The van der Waals surface area contributed by atoms with Crippen LogP contribution in [0.4, 0.5) is 0 Å². The molecule has 0 saturated carbocycles. The second-order valence-corrected chi connectivity index (χ2v) is 6.90. The fourth-order valence-electron chi connectivity index (χ4n) is 4.01. The number of nitrogens with zero attached hydrogens (tertiary/aromatic N) is 3. The molecule has 1 fully saturated rings. The summed E-state index contributed by atoms with van der Waals surface area (Å²) in [4.78, 5) is 9.28. The summed E-state index contributed by atoms with van der Waals surface area (Å²) in [5, 5.41) is 0. The van der Waals surface area contributed by atoms with E-state index >= 15 is 0 Å². The molecule has 2 aromatic rings. The van der Waals surface area contributed by atoms with Crippen LogP contribution in [-0.2, 0) is 6.42 Å². The van der Waals surface area contributed by atoms with Crippen LogP contribution in [0.1, 0.15) is 30.0 Å². The molecule has 1 aromatic heterocycles. The van der Waals surface area contributed by atoms with Gasteiger partial charge in [-0.05, 0) is 66.8 Å². The fourth-order valence-corrected chi connectivity index (χ4v) is 4.01. The SMILES string of the molecule is CN1CCN([C@H]2CCCc3ccc(-c4ccncc4)cc32)CC1. The average molecular weight is 307 g/mol. The minimum Gasteiger partial charge on any atom is -0.304 e. The minimum atomic E-state index is 0.606. The molecule has 0 amide bonds. The third-order valence-electron chi connectivity index (χ3n) is 5.42. The zero-order valence-corrected chi connectivity index (χ0v) is 13.9. The van der Waals surface area contributed by atoms with Crippen molar-refractivity contribution in [3.8, 4) is 11.1 Å². The van der Waals surface area contributed by atoms with Crippen molar-refractivity contribution in [2.75, 3.05) is 33.2 Å². The van der Waals surface area contributed by atoms with Crippen LogP contribution in [-0.4, -0.2) is 48.0 Å². The number of piperazine rings is 1. The Morgan fingerprint density at radius 1 is 0.957 bits per heavy atom. The standard InChI is InChI=1S/C20H25N3/c1-22-11-13-23(14-12-22)20-4-2-3-17-5-6-18(15-19(17)20)16-7-9-21-10-8-16/h5-10,15,20H,2-4,11-14H2,1H3/t20-/m0/s1. The van der Waals surface area contributed by atoms with E-state index in [0.29, 0.717) is 6.04 Å². The van der Waals surface area contributed by atoms with Crippen LogP contribution in [0, 0.1) is 0 Å². The van der Waals surface area contributed by atoms with E-state index in [0.717, 1.165) is 0 Å². The Kier molecular flexibility index (Phi) is 4.15. The van der Waals surface area contributed by atoms with E-state index in [9.17, 15) is 0 Å². The molecule has 1 aliphatic heterocycles. The van der Waals surface area contributed by atoms with Crippen molar-refractivity contribution in [3.05, 3.63) is 53.9 Å². The van der Waals surface area contributed by atoms with Gasteiger partial charge in [0.05, 0.1) is 0 Å². The van der Waals surface area contributed by atoms with Crippen molar-refractivity contribution in [2.45, 2.75) is 25.3 Å². The van der Waals surface area contributed by atoms with E-state index in [2.05, 4.69) is 52.2 Å². The van der Waals surface area contributed by atoms with Crippen LogP contribution in [0.25, 0.3) is 11.1 Å². The largest absolute Gasteiger partial charge is 0.304 e. The van der Waals surface area contributed by atoms with Crippen LogP contribution < -0.4 is 0 Å². The van der Waals surface area contributed by atoms with E-state index in [1.165, 1.54) is 56.6 Å². The van der Waals surface area contributed by atoms with Gasteiger partial charge in [0.15, 0.2) is 0 Å². The third kappa shape index (κ3) is 3.04. The maximum absolute atomic E-state index is 4.14. The molecule has 0 spiro atoms. The highest BCUT2D eigenvalue weighted by atomic mass is 15.3. The number of benzene rings is 1. The van der Waals surface area contributed by atoms with E-state index < -0.39 is 0 Å². The Morgan fingerprint density at radius 2 is 1.74 bits per heavy atom. The third-order valence-corrected chi connectivity index (χ3v) is 5.42. The Labute approximate surface area is 139 Å². The summed E-state index contributed by atoms with van der Waals surface area (Å²) in [6.07, 6.45) is 7.62. The van der Waals surface area contributed by atoms with Crippen LogP contribution >= 0.6 is 0 Å². The van der Waals surface area contributed by atoms with E-state index in [1.54, 1.807) is 11.1 Å². The molecule has 1 aliphatic carbocycles. The number of hydrogen-bond acceptors (Lipinski definition) is 3. The molecule has 1 saturated heterocycles. The second-order valence-electron chi connectivity index (χ2n) is 6.90. The van der Waals surface area contributed by atoms with Gasteiger partial charge < -0.3 is 4.90 Å². The van der Waals surface area contributed by atoms with Crippen molar-refractivity contribution in [1.29, 1.82) is 0 Å². The number of fused-ring (bicyclic) bond motifs is 1. The first kappa shape index (κ1) is 14.9. The Balaban J connectivity index is 1.66. The van der Waals surface area contributed by atoms with Gasteiger partial charge in [-0.3, -0.25) is 9.88 Å². The normalized spacial score (nSPS) is 22.7. The van der Waals surface area contributed by atoms with E-state index in [1.807, 2.05) is 12.4 Å². The molecule has 3 heteroatoms. The Bertz CT molecular complexity index is 660. The quantitative estimate of drug-likeness (QED) is 0.848. The number of likely N-dealkylation sites (N-methyl/N-ethyl adjacent to an activating group) is 1. The van der Waals surface area contributed by atoms with Crippen molar-refractivity contribution < 1.29 is 0 Å². The maximum Gasteiger partial charge on any atom is 0.0352 e. The van der Waals surface area contributed by atoms with Gasteiger partial charge in [-0.15, -0.1) is 0 Å². The number of hydrogen-bond donors (Lipinski definition) is 0. The van der Waals surface area contributed by atoms with Gasteiger partial charge in [-0.25, -0.2) is 0 Å². The average Bonchev–Trinajstić information content (AvgIpc) is 2.62. The topological polar surface area (TPSA) is 19.4 Å². The minimum absolute atomic E-state index is 0.606. The predicted octanol–water partition coefficient (Wildman–Crippen LogP) is 3.37. The summed E-state index contributed by atoms with van der Waals surface area (Å²) >= 11 is 0. The van der Waals surface area contributed by atoms with Gasteiger partial charge in [-0.2, -0.15) is 0 Å². The lowest BCUT2D eigenvalue weighted by Crippen LogP contribution is -2.46. The Hall–Kier alpha value is -1.71. The molecule has 0 bridgehead atoms. The van der Waals surface area contributed by atoms with Crippen LogP contribution in [0.3, 0.4) is 0 Å². The lowest BCUT2D eigenvalue weighted by atomic mass is 9.84. The summed E-state index contributed by atoms with van der Waals surface area (Å²) in [7, 11) is 2.23. The first-order valence-corrected chi connectivity index (χ1v) is 8.77. The number of rotatable bonds is 2. The molecule has 23 heavy (non-hydrogen) atoms. The molecule has 1 aromatic carbocycles. The van der Waals surface area contributed by atoms with Gasteiger partial charge in [0.1, 0.15) is 0 Å². The van der Waals surface area contributed by atoms with Crippen molar-refractivity contribution in [2.24, 2.45) is 0 Å². The molecule has 0 unspecified atom stereocenters. The maximum atomic E-state index is 4.14. The molecule has 0 N–H and O–H groups in total. The monoisotopic (exact) mass is 307 g/mol. The lowest BCUT2D eigenvalue weighted by molar-refractivity contribution is 0.102. The van der Waals surface area contributed by atoms with Gasteiger partial charge in [-0.1, -0.05) is 12.1 Å². The van der Waals surface area contributed by atoms with Gasteiger partial charge in [0.2, 0.25) is 0 Å².